The molecule has 0 atom stereocenters. The van der Waals surface area contributed by atoms with Crippen molar-refractivity contribution in [2.45, 2.75) is 26.3 Å². The van der Waals surface area contributed by atoms with Crippen molar-refractivity contribution in [3.05, 3.63) is 22.7 Å². The summed E-state index contributed by atoms with van der Waals surface area (Å²) in [5, 5.41) is 0.997. The topological polar surface area (TPSA) is 41.4 Å². The van der Waals surface area contributed by atoms with Crippen LogP contribution in [-0.2, 0) is 0 Å². The second kappa shape index (κ2) is 7.22. The third kappa shape index (κ3) is 3.61. The van der Waals surface area contributed by atoms with Crippen molar-refractivity contribution in [3.8, 4) is 0 Å². The number of nitrogens with zero attached hydrogens (tertiary/aromatic N) is 4. The van der Waals surface area contributed by atoms with Crippen LogP contribution in [-0.4, -0.2) is 52.5 Å². The minimum atomic E-state index is 0.0245. The van der Waals surface area contributed by atoms with Gasteiger partial charge in [-0.3, -0.25) is 4.79 Å². The van der Waals surface area contributed by atoms with Crippen LogP contribution >= 0.6 is 15.9 Å². The van der Waals surface area contributed by atoms with Gasteiger partial charge < -0.3 is 14.4 Å². The van der Waals surface area contributed by atoms with Gasteiger partial charge in [-0.2, -0.15) is 0 Å². The molecule has 1 fully saturated rings. The average Bonchev–Trinajstić information content (AvgIpc) is 2.65. The van der Waals surface area contributed by atoms with Crippen molar-refractivity contribution in [1.82, 2.24) is 14.5 Å². The number of hydrogen-bond donors (Lipinski definition) is 0. The van der Waals surface area contributed by atoms with Crippen LogP contribution in [0.15, 0.2) is 17.2 Å². The highest BCUT2D eigenvalue weighted by Crippen LogP contribution is 2.11. The first kappa shape index (κ1) is 15.5. The first-order valence-corrected chi connectivity index (χ1v) is 8.36. The minimum absolute atomic E-state index is 0.0245. The summed E-state index contributed by atoms with van der Waals surface area (Å²) in [7, 11) is 0. The summed E-state index contributed by atoms with van der Waals surface area (Å²) < 4.78 is 1.75. The molecule has 0 bridgehead atoms. The maximum Gasteiger partial charge on any atom is 0.293 e. The van der Waals surface area contributed by atoms with E-state index in [4.69, 9.17) is 0 Å². The number of hydrogen-bond acceptors (Lipinski definition) is 4. The van der Waals surface area contributed by atoms with Crippen molar-refractivity contribution >= 4 is 21.7 Å². The Morgan fingerprint density at radius 2 is 2.10 bits per heavy atom. The Morgan fingerprint density at radius 1 is 1.30 bits per heavy atom. The van der Waals surface area contributed by atoms with Crippen LogP contribution in [0.1, 0.15) is 26.3 Å². The van der Waals surface area contributed by atoms with E-state index in [2.05, 4.69) is 30.7 Å². The van der Waals surface area contributed by atoms with Crippen LogP contribution in [0.2, 0.25) is 0 Å². The number of alkyl halides is 1. The Hall–Kier alpha value is -0.880. The molecule has 2 heterocycles. The molecule has 1 aliphatic heterocycles. The molecule has 20 heavy (non-hydrogen) atoms. The molecule has 6 heteroatoms. The standard InChI is InChI=1S/C14H23BrN4O/c1-12(2)19-9-5-16-13(14(19)20)18-7-3-6-17(8-4-15)10-11-18/h5,9,12H,3-4,6-8,10-11H2,1-2H3. The van der Waals surface area contributed by atoms with E-state index in [1.165, 1.54) is 0 Å². The molecule has 0 aliphatic carbocycles. The molecule has 0 unspecified atom stereocenters. The highest BCUT2D eigenvalue weighted by Gasteiger charge is 2.19. The third-order valence-electron chi connectivity index (χ3n) is 3.70. The minimum Gasteiger partial charge on any atom is -0.351 e. The zero-order chi connectivity index (χ0) is 14.5. The lowest BCUT2D eigenvalue weighted by atomic mass is 10.3. The van der Waals surface area contributed by atoms with Gasteiger partial charge in [0.1, 0.15) is 0 Å². The lowest BCUT2D eigenvalue weighted by molar-refractivity contribution is 0.313. The van der Waals surface area contributed by atoms with E-state index < -0.39 is 0 Å². The van der Waals surface area contributed by atoms with Gasteiger partial charge >= 0.3 is 0 Å². The van der Waals surface area contributed by atoms with Gasteiger partial charge in [0.05, 0.1) is 0 Å². The summed E-state index contributed by atoms with van der Waals surface area (Å²) in [6, 6.07) is 0.168. The lowest BCUT2D eigenvalue weighted by Gasteiger charge is -2.22. The SMILES string of the molecule is CC(C)n1ccnc(N2CCCN(CCBr)CC2)c1=O. The van der Waals surface area contributed by atoms with Gasteiger partial charge in [0, 0.05) is 49.9 Å². The van der Waals surface area contributed by atoms with E-state index in [9.17, 15) is 4.79 Å². The molecule has 2 rings (SSSR count). The molecular weight excluding hydrogens is 320 g/mol. The van der Waals surface area contributed by atoms with Crippen LogP contribution in [0.4, 0.5) is 5.82 Å². The fraction of sp³-hybridized carbons (Fsp3) is 0.714. The summed E-state index contributed by atoms with van der Waals surface area (Å²) in [6.07, 6.45) is 4.58. The highest BCUT2D eigenvalue weighted by molar-refractivity contribution is 9.09. The van der Waals surface area contributed by atoms with Crippen LogP contribution in [0, 0.1) is 0 Å². The van der Waals surface area contributed by atoms with Gasteiger partial charge in [0.15, 0.2) is 5.82 Å². The average molecular weight is 343 g/mol. The van der Waals surface area contributed by atoms with Crippen molar-refractivity contribution in [3.63, 3.8) is 0 Å². The zero-order valence-corrected chi connectivity index (χ0v) is 13.8. The van der Waals surface area contributed by atoms with E-state index in [-0.39, 0.29) is 11.6 Å². The van der Waals surface area contributed by atoms with E-state index in [0.29, 0.717) is 5.82 Å². The quantitative estimate of drug-likeness (QED) is 0.781. The molecule has 5 nitrogen and oxygen atoms in total. The molecule has 112 valence electrons. The molecule has 0 saturated carbocycles. The van der Waals surface area contributed by atoms with Gasteiger partial charge in [-0.25, -0.2) is 4.98 Å². The van der Waals surface area contributed by atoms with Crippen molar-refractivity contribution in [2.24, 2.45) is 0 Å². The maximum atomic E-state index is 12.5. The van der Waals surface area contributed by atoms with Crippen molar-refractivity contribution in [1.29, 1.82) is 0 Å². The first-order valence-electron chi connectivity index (χ1n) is 7.24. The number of aromatic nitrogens is 2. The first-order chi connectivity index (χ1) is 9.63. The highest BCUT2D eigenvalue weighted by atomic mass is 79.9. The normalized spacial score (nSPS) is 17.5. The number of rotatable bonds is 4. The fourth-order valence-corrected chi connectivity index (χ4v) is 3.07. The Morgan fingerprint density at radius 3 is 2.80 bits per heavy atom. The summed E-state index contributed by atoms with van der Waals surface area (Å²) in [5.41, 5.74) is 0.0245. The smallest absolute Gasteiger partial charge is 0.293 e. The Labute approximate surface area is 128 Å². The summed E-state index contributed by atoms with van der Waals surface area (Å²) >= 11 is 3.49. The summed E-state index contributed by atoms with van der Waals surface area (Å²) in [6.45, 7) is 8.96. The fourth-order valence-electron chi connectivity index (χ4n) is 2.56. The number of anilines is 1. The monoisotopic (exact) mass is 342 g/mol. The molecule has 1 aromatic rings. The van der Waals surface area contributed by atoms with Crippen LogP contribution in [0.5, 0.6) is 0 Å². The molecular formula is C14H23BrN4O. The molecule has 0 aromatic carbocycles. The van der Waals surface area contributed by atoms with Crippen molar-refractivity contribution in [2.75, 3.05) is 43.0 Å². The Bertz CT molecular complexity index is 488. The predicted molar refractivity (Wildman–Crippen MR) is 85.9 cm³/mol. The largest absolute Gasteiger partial charge is 0.351 e. The zero-order valence-electron chi connectivity index (χ0n) is 12.3. The van der Waals surface area contributed by atoms with E-state index in [1.807, 2.05) is 13.8 Å². The molecule has 0 spiro atoms. The Kier molecular flexibility index (Phi) is 5.60. The molecule has 0 N–H and O–H groups in total. The van der Waals surface area contributed by atoms with Gasteiger partial charge in [0.2, 0.25) is 0 Å². The maximum absolute atomic E-state index is 12.5. The molecule has 1 saturated heterocycles. The Balaban J connectivity index is 2.16. The molecule has 1 aromatic heterocycles. The van der Waals surface area contributed by atoms with E-state index >= 15 is 0 Å². The van der Waals surface area contributed by atoms with Crippen LogP contribution in [0.3, 0.4) is 0 Å². The predicted octanol–water partition coefficient (Wildman–Crippen LogP) is 1.73. The van der Waals surface area contributed by atoms with Crippen molar-refractivity contribution < 1.29 is 0 Å². The van der Waals surface area contributed by atoms with Crippen LogP contribution < -0.4 is 10.5 Å². The molecule has 0 radical (unpaired) electrons. The molecule has 0 amide bonds. The van der Waals surface area contributed by atoms with Gasteiger partial charge in [0.25, 0.3) is 5.56 Å². The van der Waals surface area contributed by atoms with Gasteiger partial charge in [-0.15, -0.1) is 0 Å². The van der Waals surface area contributed by atoms with Crippen LogP contribution in [0.25, 0.3) is 0 Å². The summed E-state index contributed by atoms with van der Waals surface area (Å²) in [5.74, 6) is 0.599. The number of halogens is 1. The second-order valence-electron chi connectivity index (χ2n) is 5.43. The third-order valence-corrected chi connectivity index (χ3v) is 4.05. The summed E-state index contributed by atoms with van der Waals surface area (Å²) in [4.78, 5) is 21.4. The van der Waals surface area contributed by atoms with E-state index in [0.717, 1.165) is 44.5 Å². The van der Waals surface area contributed by atoms with E-state index in [1.54, 1.807) is 17.0 Å². The second-order valence-corrected chi connectivity index (χ2v) is 6.22. The lowest BCUT2D eigenvalue weighted by Crippen LogP contribution is -2.37. The molecule has 1 aliphatic rings. The van der Waals surface area contributed by atoms with Gasteiger partial charge in [-0.05, 0) is 26.8 Å². The van der Waals surface area contributed by atoms with Gasteiger partial charge in [-0.1, -0.05) is 15.9 Å².